The van der Waals surface area contributed by atoms with Gasteiger partial charge in [0.05, 0.1) is 33.4 Å². The van der Waals surface area contributed by atoms with E-state index < -0.39 is 0 Å². The fourth-order valence-corrected chi connectivity index (χ4v) is 3.13. The third-order valence-electron chi connectivity index (χ3n) is 3.63. The van der Waals surface area contributed by atoms with Crippen LogP contribution in [-0.4, -0.2) is 42.2 Å². The number of nitrogens with zero attached hydrogens (tertiary/aromatic N) is 3. The van der Waals surface area contributed by atoms with Crippen LogP contribution < -0.4 is 24.8 Å². The van der Waals surface area contributed by atoms with Crippen molar-refractivity contribution in [2.45, 2.75) is 6.42 Å². The predicted molar refractivity (Wildman–Crippen MR) is 106 cm³/mol. The Bertz CT molecular complexity index is 923. The molecule has 0 saturated carbocycles. The Morgan fingerprint density at radius 3 is 2.36 bits per heavy atom. The van der Waals surface area contributed by atoms with E-state index in [9.17, 15) is 4.79 Å². The van der Waals surface area contributed by atoms with Crippen molar-refractivity contribution in [3.05, 3.63) is 41.7 Å². The second-order valence-electron chi connectivity index (χ2n) is 5.48. The van der Waals surface area contributed by atoms with Gasteiger partial charge in [-0.25, -0.2) is 15.0 Å². The second-order valence-corrected chi connectivity index (χ2v) is 6.34. The summed E-state index contributed by atoms with van der Waals surface area (Å²) in [6.45, 7) is 0. The number of amides is 1. The largest absolute Gasteiger partial charge is 0.493 e. The zero-order valence-electron chi connectivity index (χ0n) is 15.6. The van der Waals surface area contributed by atoms with Crippen molar-refractivity contribution >= 4 is 34.0 Å². The highest BCUT2D eigenvalue weighted by molar-refractivity contribution is 7.13. The first-order valence-corrected chi connectivity index (χ1v) is 9.09. The van der Waals surface area contributed by atoms with Crippen molar-refractivity contribution in [1.29, 1.82) is 0 Å². The van der Waals surface area contributed by atoms with Gasteiger partial charge in [-0.1, -0.05) is 0 Å². The number of hydrogen-bond acceptors (Lipinski definition) is 9. The van der Waals surface area contributed by atoms with E-state index in [1.54, 1.807) is 36.0 Å². The van der Waals surface area contributed by atoms with Crippen LogP contribution in [0.15, 0.2) is 36.0 Å². The van der Waals surface area contributed by atoms with Gasteiger partial charge in [-0.15, -0.1) is 11.3 Å². The lowest BCUT2D eigenvalue weighted by atomic mass is 10.2. The SMILES string of the molecule is COc1cc(NC(=O)Cc2csc(Nc3ncccn3)n2)cc(OC)c1OC. The molecule has 1 aromatic carbocycles. The lowest BCUT2D eigenvalue weighted by Gasteiger charge is -2.14. The molecule has 0 fully saturated rings. The summed E-state index contributed by atoms with van der Waals surface area (Å²) in [5, 5.41) is 8.23. The molecule has 146 valence electrons. The topological polar surface area (TPSA) is 107 Å². The number of carbonyl (C=O) groups is 1. The molecule has 0 unspecified atom stereocenters. The molecule has 0 atom stereocenters. The quantitative estimate of drug-likeness (QED) is 0.593. The summed E-state index contributed by atoms with van der Waals surface area (Å²) in [6.07, 6.45) is 3.38. The third kappa shape index (κ3) is 4.65. The summed E-state index contributed by atoms with van der Waals surface area (Å²) in [7, 11) is 4.55. The fraction of sp³-hybridized carbons (Fsp3) is 0.222. The van der Waals surface area contributed by atoms with E-state index in [1.165, 1.54) is 32.7 Å². The maximum absolute atomic E-state index is 12.4. The molecular formula is C18H19N5O4S. The summed E-state index contributed by atoms with van der Waals surface area (Å²) in [6, 6.07) is 5.06. The van der Waals surface area contributed by atoms with Crippen LogP contribution >= 0.6 is 11.3 Å². The van der Waals surface area contributed by atoms with Gasteiger partial charge in [0, 0.05) is 35.6 Å². The zero-order chi connectivity index (χ0) is 19.9. The number of methoxy groups -OCH3 is 3. The summed E-state index contributed by atoms with van der Waals surface area (Å²) >= 11 is 1.37. The smallest absolute Gasteiger partial charge is 0.230 e. The van der Waals surface area contributed by atoms with Gasteiger partial charge in [0.1, 0.15) is 0 Å². The lowest BCUT2D eigenvalue weighted by molar-refractivity contribution is -0.115. The molecule has 0 saturated heterocycles. The highest BCUT2D eigenvalue weighted by Gasteiger charge is 2.15. The first-order chi connectivity index (χ1) is 13.6. The first kappa shape index (κ1) is 19.4. The van der Waals surface area contributed by atoms with Crippen molar-refractivity contribution in [2.24, 2.45) is 0 Å². The number of ether oxygens (including phenoxy) is 3. The van der Waals surface area contributed by atoms with Crippen molar-refractivity contribution < 1.29 is 19.0 Å². The number of nitrogens with one attached hydrogen (secondary N) is 2. The molecule has 28 heavy (non-hydrogen) atoms. The molecule has 2 aromatic heterocycles. The van der Waals surface area contributed by atoms with Crippen LogP contribution in [0.4, 0.5) is 16.8 Å². The van der Waals surface area contributed by atoms with Gasteiger partial charge in [0.25, 0.3) is 0 Å². The van der Waals surface area contributed by atoms with Gasteiger partial charge in [-0.3, -0.25) is 4.79 Å². The highest BCUT2D eigenvalue weighted by atomic mass is 32.1. The second kappa shape index (κ2) is 9.00. The normalized spacial score (nSPS) is 10.2. The van der Waals surface area contributed by atoms with Crippen LogP contribution in [0.1, 0.15) is 5.69 Å². The van der Waals surface area contributed by atoms with Crippen LogP contribution in [0, 0.1) is 0 Å². The predicted octanol–water partition coefficient (Wildman–Crippen LogP) is 2.88. The van der Waals surface area contributed by atoms with Crippen molar-refractivity contribution in [3.63, 3.8) is 0 Å². The fourth-order valence-electron chi connectivity index (χ4n) is 2.43. The molecule has 0 spiro atoms. The summed E-state index contributed by atoms with van der Waals surface area (Å²) < 4.78 is 15.9. The van der Waals surface area contributed by atoms with Crippen LogP contribution in [0.2, 0.25) is 0 Å². The Morgan fingerprint density at radius 1 is 1.07 bits per heavy atom. The van der Waals surface area contributed by atoms with Crippen molar-refractivity contribution in [2.75, 3.05) is 32.0 Å². The van der Waals surface area contributed by atoms with Gasteiger partial charge >= 0.3 is 0 Å². The van der Waals surface area contributed by atoms with E-state index in [1.807, 2.05) is 0 Å². The average molecular weight is 401 g/mol. The van der Waals surface area contributed by atoms with Crippen molar-refractivity contribution in [1.82, 2.24) is 15.0 Å². The number of carbonyl (C=O) groups excluding carboxylic acids is 1. The van der Waals surface area contributed by atoms with E-state index in [-0.39, 0.29) is 12.3 Å². The van der Waals surface area contributed by atoms with Gasteiger partial charge in [-0.05, 0) is 6.07 Å². The summed E-state index contributed by atoms with van der Waals surface area (Å²) in [5.74, 6) is 1.61. The van der Waals surface area contributed by atoms with Crippen LogP contribution in [0.3, 0.4) is 0 Å². The van der Waals surface area contributed by atoms with E-state index in [0.29, 0.717) is 39.7 Å². The zero-order valence-corrected chi connectivity index (χ0v) is 16.4. The lowest BCUT2D eigenvalue weighted by Crippen LogP contribution is -2.15. The molecule has 0 aliphatic carbocycles. The standard InChI is InChI=1S/C18H19N5O4S/c1-25-13-7-11(8-14(26-2)16(13)27-3)21-15(24)9-12-10-28-18(22-12)23-17-19-5-4-6-20-17/h4-8,10H,9H2,1-3H3,(H,21,24)(H,19,20,22,23). The Balaban J connectivity index is 1.66. The number of rotatable bonds is 8. The molecule has 3 rings (SSSR count). The molecule has 9 nitrogen and oxygen atoms in total. The maximum atomic E-state index is 12.4. The molecule has 3 aromatic rings. The monoisotopic (exact) mass is 401 g/mol. The van der Waals surface area contributed by atoms with Gasteiger partial charge < -0.3 is 24.8 Å². The Morgan fingerprint density at radius 2 is 1.75 bits per heavy atom. The van der Waals surface area contributed by atoms with Crippen LogP contribution in [-0.2, 0) is 11.2 Å². The van der Waals surface area contributed by atoms with Gasteiger partial charge in [0.15, 0.2) is 16.6 Å². The molecule has 0 bridgehead atoms. The molecule has 2 heterocycles. The van der Waals surface area contributed by atoms with E-state index in [2.05, 4.69) is 25.6 Å². The van der Waals surface area contributed by atoms with Crippen molar-refractivity contribution in [3.8, 4) is 17.2 Å². The van der Waals surface area contributed by atoms with E-state index >= 15 is 0 Å². The summed E-state index contributed by atoms with van der Waals surface area (Å²) in [5.41, 5.74) is 1.17. The maximum Gasteiger partial charge on any atom is 0.230 e. The van der Waals surface area contributed by atoms with Gasteiger partial charge in [0.2, 0.25) is 17.6 Å². The molecular weight excluding hydrogens is 382 g/mol. The number of hydrogen-bond donors (Lipinski definition) is 2. The molecule has 2 N–H and O–H groups in total. The average Bonchev–Trinajstić information content (AvgIpc) is 3.14. The minimum atomic E-state index is -0.220. The van der Waals surface area contributed by atoms with Crippen LogP contribution in [0.5, 0.6) is 17.2 Å². The molecule has 10 heteroatoms. The van der Waals surface area contributed by atoms with Gasteiger partial charge in [-0.2, -0.15) is 0 Å². The Hall–Kier alpha value is -3.40. The van der Waals surface area contributed by atoms with E-state index in [0.717, 1.165) is 0 Å². The summed E-state index contributed by atoms with van der Waals surface area (Å²) in [4.78, 5) is 24.9. The number of aromatic nitrogens is 3. The number of thiazole rings is 1. The number of benzene rings is 1. The first-order valence-electron chi connectivity index (χ1n) is 8.21. The molecule has 0 aliphatic heterocycles. The molecule has 0 aliphatic rings. The molecule has 1 amide bonds. The molecule has 0 radical (unpaired) electrons. The number of anilines is 3. The highest BCUT2D eigenvalue weighted by Crippen LogP contribution is 2.39. The van der Waals surface area contributed by atoms with E-state index in [4.69, 9.17) is 14.2 Å². The Kier molecular flexibility index (Phi) is 6.22. The van der Waals surface area contributed by atoms with Crippen LogP contribution in [0.25, 0.3) is 0 Å². The Labute approximate surface area is 165 Å². The third-order valence-corrected chi connectivity index (χ3v) is 4.43. The minimum Gasteiger partial charge on any atom is -0.493 e. The minimum absolute atomic E-state index is 0.116.